The van der Waals surface area contributed by atoms with Crippen LogP contribution in [0.3, 0.4) is 0 Å². The molecule has 0 fully saturated rings. The van der Waals surface area contributed by atoms with Crippen LogP contribution in [-0.2, 0) is 23.2 Å². The summed E-state index contributed by atoms with van der Waals surface area (Å²) in [6.45, 7) is 8.84. The van der Waals surface area contributed by atoms with Crippen LogP contribution in [-0.4, -0.2) is 19.3 Å². The zero-order valence-electron chi connectivity index (χ0n) is 22.9. The number of furan rings is 1. The smallest absolute Gasteiger partial charge is 0.339 e. The number of benzene rings is 3. The number of halogens is 1. The minimum atomic E-state index is -4.12. The van der Waals surface area contributed by atoms with Crippen LogP contribution in [0.15, 0.2) is 94.4 Å². The summed E-state index contributed by atoms with van der Waals surface area (Å²) in [5.41, 5.74) is 3.69. The van der Waals surface area contributed by atoms with Crippen molar-refractivity contribution in [2.45, 2.75) is 57.5 Å². The molecule has 2 amide bonds. The van der Waals surface area contributed by atoms with Gasteiger partial charge in [-0.3, -0.25) is 0 Å². The number of carbonyl (C=O) groups excluding carboxylic acids is 1. The van der Waals surface area contributed by atoms with Crippen molar-refractivity contribution < 1.29 is 26.2 Å². The third-order valence-electron chi connectivity index (χ3n) is 6.42. The summed E-state index contributed by atoms with van der Waals surface area (Å²) in [7, 11) is -4.12. The van der Waals surface area contributed by atoms with E-state index in [1.165, 1.54) is 12.1 Å². The first-order valence-corrected chi connectivity index (χ1v) is 14.4. The molecule has 210 valence electrons. The second-order valence-corrected chi connectivity index (χ2v) is 11.7. The number of carbonyl (C=O) groups is 1. The van der Waals surface area contributed by atoms with E-state index in [2.05, 4.69) is 33.0 Å². The molecule has 4 aromatic rings. The first-order valence-electron chi connectivity index (χ1n) is 13.0. The lowest BCUT2D eigenvalue weighted by Crippen LogP contribution is -2.34. The SMILES string of the molecule is CC(C)c1cccc(C(C)C)c1NC(=O)N(Cc1ccc(OS(=O)(=O)c2ccc(F)cc2)cc1)Cc1ccco1. The largest absolute Gasteiger partial charge is 0.467 e. The average molecular weight is 565 g/mol. The molecule has 0 atom stereocenters. The molecule has 0 saturated heterocycles. The Morgan fingerprint density at radius 2 is 1.50 bits per heavy atom. The number of anilines is 1. The Morgan fingerprint density at radius 1 is 0.875 bits per heavy atom. The van der Waals surface area contributed by atoms with E-state index in [4.69, 9.17) is 8.60 Å². The number of nitrogens with one attached hydrogen (secondary N) is 1. The van der Waals surface area contributed by atoms with Crippen LogP contribution in [0.1, 0.15) is 62.0 Å². The first-order chi connectivity index (χ1) is 19.0. The summed E-state index contributed by atoms with van der Waals surface area (Å²) in [5, 5.41) is 3.15. The second-order valence-electron chi connectivity index (χ2n) is 10.1. The van der Waals surface area contributed by atoms with Gasteiger partial charge in [0.05, 0.1) is 12.8 Å². The third-order valence-corrected chi connectivity index (χ3v) is 7.69. The molecule has 7 nitrogen and oxygen atoms in total. The number of amides is 2. The summed E-state index contributed by atoms with van der Waals surface area (Å²) >= 11 is 0. The van der Waals surface area contributed by atoms with Crippen LogP contribution in [0.25, 0.3) is 0 Å². The van der Waals surface area contributed by atoms with Gasteiger partial charge in [-0.15, -0.1) is 0 Å². The molecule has 1 aromatic heterocycles. The van der Waals surface area contributed by atoms with Crippen molar-refractivity contribution in [2.24, 2.45) is 0 Å². The van der Waals surface area contributed by atoms with Gasteiger partial charge in [-0.25, -0.2) is 9.18 Å². The average Bonchev–Trinajstić information content (AvgIpc) is 3.42. The van der Waals surface area contributed by atoms with Gasteiger partial charge in [0.15, 0.2) is 0 Å². The molecule has 0 radical (unpaired) electrons. The molecule has 3 aromatic carbocycles. The summed E-state index contributed by atoms with van der Waals surface area (Å²) in [4.78, 5) is 15.1. The van der Waals surface area contributed by atoms with Gasteiger partial charge in [-0.05, 0) is 77.1 Å². The number of para-hydroxylation sites is 1. The third kappa shape index (κ3) is 7.09. The minimum absolute atomic E-state index is 0.0996. The molecule has 0 aliphatic rings. The van der Waals surface area contributed by atoms with Crippen molar-refractivity contribution in [3.63, 3.8) is 0 Å². The van der Waals surface area contributed by atoms with E-state index < -0.39 is 15.9 Å². The van der Waals surface area contributed by atoms with E-state index in [0.717, 1.165) is 46.6 Å². The Labute approximate surface area is 234 Å². The number of hydrogen-bond donors (Lipinski definition) is 1. The quantitative estimate of drug-likeness (QED) is 0.200. The maximum atomic E-state index is 13.7. The van der Waals surface area contributed by atoms with E-state index in [1.54, 1.807) is 35.4 Å². The van der Waals surface area contributed by atoms with E-state index >= 15 is 0 Å². The van der Waals surface area contributed by atoms with E-state index in [-0.39, 0.29) is 41.6 Å². The summed E-state index contributed by atoms with van der Waals surface area (Å²) in [6, 6.07) is 20.2. The highest BCUT2D eigenvalue weighted by Crippen LogP contribution is 2.33. The Bertz CT molecular complexity index is 1510. The monoisotopic (exact) mass is 564 g/mol. The predicted molar refractivity (Wildman–Crippen MR) is 152 cm³/mol. The molecular formula is C31H33FN2O5S. The van der Waals surface area contributed by atoms with E-state index in [9.17, 15) is 17.6 Å². The molecule has 0 bridgehead atoms. The molecule has 0 saturated carbocycles. The van der Waals surface area contributed by atoms with Gasteiger partial charge in [-0.2, -0.15) is 8.42 Å². The molecule has 0 unspecified atom stereocenters. The van der Waals surface area contributed by atoms with Crippen molar-refractivity contribution >= 4 is 21.8 Å². The van der Waals surface area contributed by atoms with Crippen LogP contribution in [0.2, 0.25) is 0 Å². The van der Waals surface area contributed by atoms with Crippen molar-refractivity contribution in [1.29, 1.82) is 0 Å². The van der Waals surface area contributed by atoms with Gasteiger partial charge in [0.25, 0.3) is 0 Å². The Kier molecular flexibility index (Phi) is 8.94. The number of hydrogen-bond acceptors (Lipinski definition) is 5. The molecule has 0 spiro atoms. The standard InChI is InChI=1S/C31H33FN2O5S/c1-21(2)28-8-5-9-29(22(3)4)30(28)33-31(35)34(20-26-7-6-18-38-26)19-23-10-14-25(15-11-23)39-40(36,37)27-16-12-24(32)13-17-27/h5-18,21-22H,19-20H2,1-4H3,(H,33,35). The fourth-order valence-corrected chi connectivity index (χ4v) is 5.25. The van der Waals surface area contributed by atoms with Crippen molar-refractivity contribution in [3.05, 3.63) is 113 Å². The number of nitrogens with zero attached hydrogens (tertiary/aromatic N) is 1. The molecule has 1 N–H and O–H groups in total. The number of rotatable bonds is 10. The van der Waals surface area contributed by atoms with Gasteiger partial charge < -0.3 is 18.8 Å². The fourth-order valence-electron chi connectivity index (χ4n) is 4.32. The topological polar surface area (TPSA) is 88.9 Å². The van der Waals surface area contributed by atoms with Crippen LogP contribution in [0.4, 0.5) is 14.9 Å². The van der Waals surface area contributed by atoms with Crippen molar-refractivity contribution in [2.75, 3.05) is 5.32 Å². The van der Waals surface area contributed by atoms with Crippen LogP contribution in [0.5, 0.6) is 5.75 Å². The lowest BCUT2D eigenvalue weighted by molar-refractivity contribution is 0.201. The summed E-state index contributed by atoms with van der Waals surface area (Å²) < 4.78 is 49.0. The highest BCUT2D eigenvalue weighted by atomic mass is 32.2. The normalized spacial score (nSPS) is 11.6. The van der Waals surface area contributed by atoms with Gasteiger partial charge in [0.1, 0.15) is 22.2 Å². The van der Waals surface area contributed by atoms with E-state index in [0.29, 0.717) is 5.76 Å². The zero-order chi connectivity index (χ0) is 28.9. The molecule has 1 heterocycles. The lowest BCUT2D eigenvalue weighted by atomic mass is 9.93. The van der Waals surface area contributed by atoms with Gasteiger partial charge >= 0.3 is 16.1 Å². The predicted octanol–water partition coefficient (Wildman–Crippen LogP) is 7.67. The zero-order valence-corrected chi connectivity index (χ0v) is 23.7. The van der Waals surface area contributed by atoms with Crippen molar-refractivity contribution in [3.8, 4) is 5.75 Å². The maximum Gasteiger partial charge on any atom is 0.339 e. The second kappa shape index (κ2) is 12.4. The maximum absolute atomic E-state index is 13.7. The molecule has 0 aliphatic carbocycles. The Balaban J connectivity index is 1.55. The lowest BCUT2D eigenvalue weighted by Gasteiger charge is -2.26. The molecule has 40 heavy (non-hydrogen) atoms. The van der Waals surface area contributed by atoms with Crippen LogP contribution < -0.4 is 9.50 Å². The summed E-state index contributed by atoms with van der Waals surface area (Å²) in [5.74, 6) is 0.612. The molecular weight excluding hydrogens is 531 g/mol. The van der Waals surface area contributed by atoms with E-state index in [1.807, 2.05) is 18.2 Å². The Hall–Kier alpha value is -4.11. The summed E-state index contributed by atoms with van der Waals surface area (Å²) in [6.07, 6.45) is 1.56. The molecule has 9 heteroatoms. The van der Waals surface area contributed by atoms with Crippen LogP contribution in [0, 0.1) is 5.82 Å². The number of urea groups is 1. The minimum Gasteiger partial charge on any atom is -0.467 e. The first kappa shape index (κ1) is 28.9. The van der Waals surface area contributed by atoms with Gasteiger partial charge in [0.2, 0.25) is 0 Å². The van der Waals surface area contributed by atoms with Gasteiger partial charge in [0, 0.05) is 12.2 Å². The van der Waals surface area contributed by atoms with Crippen LogP contribution >= 0.6 is 0 Å². The molecule has 0 aliphatic heterocycles. The van der Waals surface area contributed by atoms with Gasteiger partial charge in [-0.1, -0.05) is 58.0 Å². The van der Waals surface area contributed by atoms with Crippen molar-refractivity contribution in [1.82, 2.24) is 4.90 Å². The fraction of sp³-hybridized carbons (Fsp3) is 0.258. The molecule has 4 rings (SSSR count). The highest BCUT2D eigenvalue weighted by molar-refractivity contribution is 7.87. The Morgan fingerprint density at radius 3 is 2.05 bits per heavy atom. The highest BCUT2D eigenvalue weighted by Gasteiger charge is 2.22.